The van der Waals surface area contributed by atoms with Gasteiger partial charge in [0.15, 0.2) is 0 Å². The van der Waals surface area contributed by atoms with E-state index >= 15 is 0 Å². The lowest BCUT2D eigenvalue weighted by Crippen LogP contribution is -1.97. The molecule has 88 valence electrons. The molecule has 0 aromatic rings. The standard InChI is InChI=1S/C16H24/c1-13(2)11-15-9-7-5-6-8-10-16(15)12-14(3)4/h5-6H,1,3,7-12H2,2,4H3/b6-5-,16-15-. The van der Waals surface area contributed by atoms with Crippen molar-refractivity contribution in [2.75, 3.05) is 0 Å². The van der Waals surface area contributed by atoms with E-state index in [1.54, 1.807) is 11.1 Å². The van der Waals surface area contributed by atoms with Crippen LogP contribution in [0.1, 0.15) is 52.4 Å². The summed E-state index contributed by atoms with van der Waals surface area (Å²) in [6.45, 7) is 12.3. The van der Waals surface area contributed by atoms with Crippen LogP contribution in [-0.4, -0.2) is 0 Å². The monoisotopic (exact) mass is 216 g/mol. The quantitative estimate of drug-likeness (QED) is 0.556. The van der Waals surface area contributed by atoms with Crippen LogP contribution in [0, 0.1) is 0 Å². The highest BCUT2D eigenvalue weighted by molar-refractivity contribution is 5.25. The Bertz CT molecular complexity index is 294. The van der Waals surface area contributed by atoms with Crippen LogP contribution >= 0.6 is 0 Å². The van der Waals surface area contributed by atoms with Gasteiger partial charge in [-0.15, -0.1) is 0 Å². The number of hydrogen-bond acceptors (Lipinski definition) is 0. The Morgan fingerprint density at radius 2 is 1.31 bits per heavy atom. The Morgan fingerprint density at radius 3 is 1.62 bits per heavy atom. The van der Waals surface area contributed by atoms with E-state index in [-0.39, 0.29) is 0 Å². The third-order valence-corrected chi connectivity index (χ3v) is 2.92. The Morgan fingerprint density at radius 1 is 0.938 bits per heavy atom. The fraction of sp³-hybridized carbons (Fsp3) is 0.500. The second-order valence-electron chi connectivity index (χ2n) is 5.02. The first kappa shape index (κ1) is 13.0. The number of hydrogen-bond donors (Lipinski definition) is 0. The molecule has 0 fully saturated rings. The normalized spacial score (nSPS) is 23.4. The van der Waals surface area contributed by atoms with Crippen LogP contribution in [0.25, 0.3) is 0 Å². The molecule has 1 rings (SSSR count). The summed E-state index contributed by atoms with van der Waals surface area (Å²) in [5.41, 5.74) is 5.78. The molecule has 0 N–H and O–H groups in total. The molecule has 0 radical (unpaired) electrons. The molecule has 0 unspecified atom stereocenters. The summed E-state index contributed by atoms with van der Waals surface area (Å²) < 4.78 is 0. The summed E-state index contributed by atoms with van der Waals surface area (Å²) in [5.74, 6) is 0. The van der Waals surface area contributed by atoms with E-state index in [0.717, 1.165) is 12.8 Å². The van der Waals surface area contributed by atoms with Gasteiger partial charge in [0.25, 0.3) is 0 Å². The molecule has 1 aliphatic rings. The van der Waals surface area contributed by atoms with Crippen molar-refractivity contribution in [1.82, 2.24) is 0 Å². The fourth-order valence-electron chi connectivity index (χ4n) is 2.26. The first-order chi connectivity index (χ1) is 7.59. The fourth-order valence-corrected chi connectivity index (χ4v) is 2.26. The smallest absolute Gasteiger partial charge is 0.0111 e. The van der Waals surface area contributed by atoms with Crippen molar-refractivity contribution in [2.45, 2.75) is 52.4 Å². The average Bonchev–Trinajstić information content (AvgIpc) is 2.15. The molecule has 0 bridgehead atoms. The molecule has 0 amide bonds. The highest BCUT2D eigenvalue weighted by Crippen LogP contribution is 2.28. The Labute approximate surface area is 100 Å². The van der Waals surface area contributed by atoms with Gasteiger partial charge in [-0.05, 0) is 52.4 Å². The maximum atomic E-state index is 4.04. The van der Waals surface area contributed by atoms with E-state index in [0.29, 0.717) is 0 Å². The molecule has 0 nitrogen and oxygen atoms in total. The zero-order valence-corrected chi connectivity index (χ0v) is 10.8. The predicted octanol–water partition coefficient (Wildman–Crippen LogP) is 5.35. The maximum Gasteiger partial charge on any atom is -0.0111 e. The second kappa shape index (κ2) is 6.52. The van der Waals surface area contributed by atoms with Crippen molar-refractivity contribution in [1.29, 1.82) is 0 Å². The van der Waals surface area contributed by atoms with Crippen molar-refractivity contribution >= 4 is 0 Å². The van der Waals surface area contributed by atoms with E-state index in [1.807, 2.05) is 0 Å². The van der Waals surface area contributed by atoms with Gasteiger partial charge in [0.2, 0.25) is 0 Å². The lowest BCUT2D eigenvalue weighted by Gasteiger charge is -2.17. The summed E-state index contributed by atoms with van der Waals surface area (Å²) in [5, 5.41) is 0. The minimum Gasteiger partial charge on any atom is -0.0998 e. The van der Waals surface area contributed by atoms with Gasteiger partial charge in [-0.2, -0.15) is 0 Å². The minimum atomic E-state index is 1.08. The minimum absolute atomic E-state index is 1.08. The van der Waals surface area contributed by atoms with E-state index in [1.165, 1.54) is 36.8 Å². The van der Waals surface area contributed by atoms with Gasteiger partial charge in [0, 0.05) is 0 Å². The first-order valence-electron chi connectivity index (χ1n) is 6.23. The lowest BCUT2D eigenvalue weighted by molar-refractivity contribution is 0.805. The Balaban J connectivity index is 2.83. The van der Waals surface area contributed by atoms with Crippen LogP contribution in [0.3, 0.4) is 0 Å². The zero-order valence-electron chi connectivity index (χ0n) is 10.8. The summed E-state index contributed by atoms with van der Waals surface area (Å²) in [6, 6.07) is 0. The van der Waals surface area contributed by atoms with Crippen molar-refractivity contribution in [2.24, 2.45) is 0 Å². The molecule has 0 saturated carbocycles. The SMILES string of the molecule is C=C(C)C/C1=C(\CC(=C)C)CC/C=C\CC1. The molecular weight excluding hydrogens is 192 g/mol. The van der Waals surface area contributed by atoms with Crippen LogP contribution in [0.15, 0.2) is 47.6 Å². The topological polar surface area (TPSA) is 0 Å². The highest BCUT2D eigenvalue weighted by Gasteiger charge is 2.08. The van der Waals surface area contributed by atoms with Crippen molar-refractivity contribution in [3.63, 3.8) is 0 Å². The molecule has 0 spiro atoms. The highest BCUT2D eigenvalue weighted by atomic mass is 14.1. The van der Waals surface area contributed by atoms with Crippen molar-refractivity contribution in [3.8, 4) is 0 Å². The summed E-state index contributed by atoms with van der Waals surface area (Å²) in [7, 11) is 0. The first-order valence-corrected chi connectivity index (χ1v) is 6.23. The molecule has 0 saturated heterocycles. The number of allylic oxidation sites excluding steroid dienone is 6. The zero-order chi connectivity index (χ0) is 12.0. The van der Waals surface area contributed by atoms with Gasteiger partial charge < -0.3 is 0 Å². The lowest BCUT2D eigenvalue weighted by atomic mass is 9.89. The molecule has 0 aromatic heterocycles. The number of rotatable bonds is 4. The van der Waals surface area contributed by atoms with Crippen molar-refractivity contribution in [3.05, 3.63) is 47.6 Å². The third-order valence-electron chi connectivity index (χ3n) is 2.92. The summed E-state index contributed by atoms with van der Waals surface area (Å²) in [4.78, 5) is 0. The van der Waals surface area contributed by atoms with Crippen LogP contribution in [0.2, 0.25) is 0 Å². The second-order valence-corrected chi connectivity index (χ2v) is 5.02. The van der Waals surface area contributed by atoms with Crippen LogP contribution < -0.4 is 0 Å². The van der Waals surface area contributed by atoms with Crippen molar-refractivity contribution < 1.29 is 0 Å². The molecule has 1 aliphatic carbocycles. The average molecular weight is 216 g/mol. The van der Waals surface area contributed by atoms with E-state index in [9.17, 15) is 0 Å². The summed E-state index contributed by atoms with van der Waals surface area (Å²) >= 11 is 0. The largest absolute Gasteiger partial charge is 0.0998 e. The predicted molar refractivity (Wildman–Crippen MR) is 73.5 cm³/mol. The van der Waals surface area contributed by atoms with Crippen LogP contribution in [0.5, 0.6) is 0 Å². The van der Waals surface area contributed by atoms with Gasteiger partial charge in [-0.25, -0.2) is 0 Å². The van der Waals surface area contributed by atoms with E-state index in [4.69, 9.17) is 0 Å². The Kier molecular flexibility index (Phi) is 5.31. The molecule has 16 heavy (non-hydrogen) atoms. The molecule has 0 aromatic carbocycles. The van der Waals surface area contributed by atoms with E-state index < -0.39 is 0 Å². The third kappa shape index (κ3) is 4.65. The summed E-state index contributed by atoms with van der Waals surface area (Å²) in [6.07, 6.45) is 11.6. The maximum absolute atomic E-state index is 4.04. The Hall–Kier alpha value is -1.04. The van der Waals surface area contributed by atoms with E-state index in [2.05, 4.69) is 39.2 Å². The van der Waals surface area contributed by atoms with Gasteiger partial charge in [-0.3, -0.25) is 0 Å². The van der Waals surface area contributed by atoms with Gasteiger partial charge in [-0.1, -0.05) is 47.6 Å². The molecule has 0 heteroatoms. The molecule has 0 atom stereocenters. The van der Waals surface area contributed by atoms with Gasteiger partial charge >= 0.3 is 0 Å². The van der Waals surface area contributed by atoms with Gasteiger partial charge in [0.05, 0.1) is 0 Å². The van der Waals surface area contributed by atoms with Gasteiger partial charge in [0.1, 0.15) is 0 Å². The molecule has 0 heterocycles. The van der Waals surface area contributed by atoms with Crippen LogP contribution in [-0.2, 0) is 0 Å². The molecule has 0 aliphatic heterocycles. The van der Waals surface area contributed by atoms with Crippen LogP contribution in [0.4, 0.5) is 0 Å². The molecular formula is C16H24.